The minimum absolute atomic E-state index is 0.0550. The highest BCUT2D eigenvalue weighted by Gasteiger charge is 2.15. The molecule has 0 aliphatic rings. The van der Waals surface area contributed by atoms with Gasteiger partial charge in [-0.3, -0.25) is 0 Å². The molecule has 1 aromatic carbocycles. The molecule has 3 nitrogen and oxygen atoms in total. The Balaban J connectivity index is 2.23. The van der Waals surface area contributed by atoms with Crippen molar-refractivity contribution in [2.24, 2.45) is 0 Å². The smallest absolute Gasteiger partial charge is 0.141 e. The standard InChI is InChI=1S/C14H17NO2S/c1-10-7-8-18-14(10)12(9-16)15-11-5-3-4-6-13(11)17-2/h3-8,12,15-16H,9H2,1-2H3. The quantitative estimate of drug-likeness (QED) is 0.870. The van der Waals surface area contributed by atoms with Crippen molar-refractivity contribution in [2.75, 3.05) is 19.0 Å². The Morgan fingerprint density at radius 1 is 1.33 bits per heavy atom. The third kappa shape index (κ3) is 2.66. The van der Waals surface area contributed by atoms with Crippen LogP contribution in [0.2, 0.25) is 0 Å². The van der Waals surface area contributed by atoms with E-state index >= 15 is 0 Å². The Bertz CT molecular complexity index is 510. The van der Waals surface area contributed by atoms with Crippen LogP contribution in [0.4, 0.5) is 5.69 Å². The zero-order valence-electron chi connectivity index (χ0n) is 10.5. The van der Waals surface area contributed by atoms with Crippen LogP contribution >= 0.6 is 11.3 Å². The molecule has 1 heterocycles. The van der Waals surface area contributed by atoms with E-state index in [1.165, 1.54) is 5.56 Å². The van der Waals surface area contributed by atoms with Gasteiger partial charge in [0.2, 0.25) is 0 Å². The van der Waals surface area contributed by atoms with E-state index in [1.54, 1.807) is 18.4 Å². The maximum absolute atomic E-state index is 9.55. The average Bonchev–Trinajstić information content (AvgIpc) is 2.82. The number of aryl methyl sites for hydroxylation is 1. The van der Waals surface area contributed by atoms with Gasteiger partial charge in [-0.1, -0.05) is 12.1 Å². The van der Waals surface area contributed by atoms with Gasteiger partial charge in [0.15, 0.2) is 0 Å². The van der Waals surface area contributed by atoms with E-state index in [4.69, 9.17) is 4.74 Å². The Morgan fingerprint density at radius 2 is 2.11 bits per heavy atom. The van der Waals surface area contributed by atoms with Crippen LogP contribution in [-0.2, 0) is 0 Å². The average molecular weight is 263 g/mol. The van der Waals surface area contributed by atoms with Crippen molar-refractivity contribution in [1.29, 1.82) is 0 Å². The number of ether oxygens (including phenoxy) is 1. The Hall–Kier alpha value is -1.52. The van der Waals surface area contributed by atoms with E-state index in [-0.39, 0.29) is 12.6 Å². The number of aliphatic hydroxyl groups is 1. The summed E-state index contributed by atoms with van der Waals surface area (Å²) in [6.07, 6.45) is 0. The lowest BCUT2D eigenvalue weighted by molar-refractivity contribution is 0.277. The molecule has 0 radical (unpaired) electrons. The lowest BCUT2D eigenvalue weighted by atomic mass is 10.1. The molecule has 0 spiro atoms. The molecule has 0 saturated carbocycles. The fraction of sp³-hybridized carbons (Fsp3) is 0.286. The van der Waals surface area contributed by atoms with E-state index in [1.807, 2.05) is 29.6 Å². The number of rotatable bonds is 5. The molecule has 0 aliphatic heterocycles. The maximum Gasteiger partial charge on any atom is 0.141 e. The van der Waals surface area contributed by atoms with E-state index in [9.17, 15) is 5.11 Å². The summed E-state index contributed by atoms with van der Waals surface area (Å²) in [4.78, 5) is 1.16. The fourth-order valence-electron chi connectivity index (χ4n) is 1.89. The molecule has 2 rings (SSSR count). The highest BCUT2D eigenvalue weighted by atomic mass is 32.1. The maximum atomic E-state index is 9.55. The topological polar surface area (TPSA) is 41.5 Å². The minimum atomic E-state index is -0.0960. The number of benzene rings is 1. The van der Waals surface area contributed by atoms with Gasteiger partial charge in [-0.05, 0) is 36.1 Å². The van der Waals surface area contributed by atoms with Crippen molar-refractivity contribution < 1.29 is 9.84 Å². The lowest BCUT2D eigenvalue weighted by Crippen LogP contribution is -2.14. The molecule has 0 aliphatic carbocycles. The van der Waals surface area contributed by atoms with Crippen LogP contribution in [0.15, 0.2) is 35.7 Å². The summed E-state index contributed by atoms with van der Waals surface area (Å²) in [7, 11) is 1.64. The molecule has 2 aromatic rings. The molecular formula is C14H17NO2S. The van der Waals surface area contributed by atoms with Crippen LogP contribution in [0.3, 0.4) is 0 Å². The first-order chi connectivity index (χ1) is 8.76. The first kappa shape index (κ1) is 12.9. The number of hydrogen-bond donors (Lipinski definition) is 2. The molecule has 0 saturated heterocycles. The molecule has 2 N–H and O–H groups in total. The summed E-state index contributed by atoms with van der Waals surface area (Å²) < 4.78 is 5.30. The molecule has 0 amide bonds. The summed E-state index contributed by atoms with van der Waals surface area (Å²) in [5.74, 6) is 0.783. The van der Waals surface area contributed by atoms with Crippen molar-refractivity contribution in [3.63, 3.8) is 0 Å². The van der Waals surface area contributed by atoms with Crippen molar-refractivity contribution in [1.82, 2.24) is 0 Å². The molecular weight excluding hydrogens is 246 g/mol. The van der Waals surface area contributed by atoms with Gasteiger partial charge in [-0.2, -0.15) is 0 Å². The van der Waals surface area contributed by atoms with Gasteiger partial charge < -0.3 is 15.2 Å². The Morgan fingerprint density at radius 3 is 2.72 bits per heavy atom. The van der Waals surface area contributed by atoms with Gasteiger partial charge in [0.1, 0.15) is 5.75 Å². The third-order valence-corrected chi connectivity index (χ3v) is 3.97. The van der Waals surface area contributed by atoms with E-state index in [0.717, 1.165) is 16.3 Å². The SMILES string of the molecule is COc1ccccc1NC(CO)c1sccc1C. The second kappa shape index (κ2) is 5.89. The molecule has 18 heavy (non-hydrogen) atoms. The summed E-state index contributed by atoms with van der Waals surface area (Å²) >= 11 is 1.65. The number of anilines is 1. The first-order valence-corrected chi connectivity index (χ1v) is 6.68. The van der Waals surface area contributed by atoms with Crippen LogP contribution in [0.5, 0.6) is 5.75 Å². The van der Waals surface area contributed by atoms with Gasteiger partial charge >= 0.3 is 0 Å². The summed E-state index contributed by atoms with van der Waals surface area (Å²) in [5.41, 5.74) is 2.09. The van der Waals surface area contributed by atoms with E-state index < -0.39 is 0 Å². The highest BCUT2D eigenvalue weighted by Crippen LogP contribution is 2.31. The minimum Gasteiger partial charge on any atom is -0.495 e. The number of aliphatic hydroxyl groups excluding tert-OH is 1. The first-order valence-electron chi connectivity index (χ1n) is 5.80. The van der Waals surface area contributed by atoms with Crippen molar-refractivity contribution in [2.45, 2.75) is 13.0 Å². The van der Waals surface area contributed by atoms with Crippen molar-refractivity contribution >= 4 is 17.0 Å². The monoisotopic (exact) mass is 263 g/mol. The predicted octanol–water partition coefficient (Wildman–Crippen LogP) is 3.21. The molecule has 1 atom stereocenters. The summed E-state index contributed by atoms with van der Waals surface area (Å²) in [6.45, 7) is 2.11. The van der Waals surface area contributed by atoms with Gasteiger partial charge in [-0.15, -0.1) is 11.3 Å². The Labute approximate surface area is 111 Å². The van der Waals surface area contributed by atoms with Gasteiger partial charge in [0, 0.05) is 4.88 Å². The molecule has 0 bridgehead atoms. The van der Waals surface area contributed by atoms with Crippen LogP contribution in [-0.4, -0.2) is 18.8 Å². The normalized spacial score (nSPS) is 12.2. The fourth-order valence-corrected chi connectivity index (χ4v) is 2.86. The van der Waals surface area contributed by atoms with Crippen LogP contribution in [0.1, 0.15) is 16.5 Å². The molecule has 1 unspecified atom stereocenters. The van der Waals surface area contributed by atoms with Gasteiger partial charge in [0.25, 0.3) is 0 Å². The number of para-hydroxylation sites is 2. The lowest BCUT2D eigenvalue weighted by Gasteiger charge is -2.19. The van der Waals surface area contributed by atoms with E-state index in [0.29, 0.717) is 0 Å². The second-order valence-corrected chi connectivity index (χ2v) is 5.00. The number of nitrogens with one attached hydrogen (secondary N) is 1. The Kier molecular flexibility index (Phi) is 4.23. The van der Waals surface area contributed by atoms with Crippen LogP contribution in [0.25, 0.3) is 0 Å². The molecule has 1 aromatic heterocycles. The predicted molar refractivity (Wildman–Crippen MR) is 75.5 cm³/mol. The van der Waals surface area contributed by atoms with Crippen molar-refractivity contribution in [3.05, 3.63) is 46.2 Å². The second-order valence-electron chi connectivity index (χ2n) is 4.05. The largest absolute Gasteiger partial charge is 0.495 e. The van der Waals surface area contributed by atoms with Gasteiger partial charge in [-0.25, -0.2) is 0 Å². The molecule has 0 fully saturated rings. The van der Waals surface area contributed by atoms with Gasteiger partial charge in [0.05, 0.1) is 25.4 Å². The molecule has 4 heteroatoms. The summed E-state index contributed by atoms with van der Waals surface area (Å²) in [5, 5.41) is 14.9. The number of hydrogen-bond acceptors (Lipinski definition) is 4. The zero-order valence-corrected chi connectivity index (χ0v) is 11.3. The highest BCUT2D eigenvalue weighted by molar-refractivity contribution is 7.10. The third-order valence-electron chi connectivity index (χ3n) is 2.84. The molecule has 96 valence electrons. The van der Waals surface area contributed by atoms with Crippen molar-refractivity contribution in [3.8, 4) is 5.75 Å². The number of methoxy groups -OCH3 is 1. The zero-order chi connectivity index (χ0) is 13.0. The summed E-state index contributed by atoms with van der Waals surface area (Å²) in [6, 6.07) is 9.69. The number of thiophene rings is 1. The van der Waals surface area contributed by atoms with E-state index in [2.05, 4.69) is 18.3 Å². The van der Waals surface area contributed by atoms with Crippen LogP contribution in [0, 0.1) is 6.92 Å². The van der Waals surface area contributed by atoms with Crippen LogP contribution < -0.4 is 10.1 Å².